The first-order valence-corrected chi connectivity index (χ1v) is 5.06. The fourth-order valence-electron chi connectivity index (χ4n) is 1.82. The molecule has 15 heavy (non-hydrogen) atoms. The molecule has 1 saturated heterocycles. The minimum Gasteiger partial charge on any atom is -0.468 e. The Bertz CT molecular complexity index is 251. The quantitative estimate of drug-likeness (QED) is 0.400. The summed E-state index contributed by atoms with van der Waals surface area (Å²) in [7, 11) is 1.29. The molecule has 0 amide bonds. The van der Waals surface area contributed by atoms with Crippen LogP contribution in [0.3, 0.4) is 0 Å². The van der Waals surface area contributed by atoms with Gasteiger partial charge in [-0.3, -0.25) is 9.59 Å². The smallest absolute Gasteiger partial charge is 0.320 e. The van der Waals surface area contributed by atoms with Gasteiger partial charge in [0, 0.05) is 0 Å². The molecule has 2 unspecified atom stereocenters. The number of hydrogen-bond acceptors (Lipinski definition) is 4. The molecule has 0 aromatic rings. The Morgan fingerprint density at radius 1 is 1.73 bits per heavy atom. The first-order valence-electron chi connectivity index (χ1n) is 5.06. The Hall–Kier alpha value is -1.32. The largest absolute Gasteiger partial charge is 0.468 e. The van der Waals surface area contributed by atoms with Crippen LogP contribution >= 0.6 is 0 Å². The standard InChI is InChI=1S/C11H16O4/c1-3-4-5-8-6-7-15-11(13)9(8)10(12)14-2/h3,8-9H,1,4-7H2,2H3. The van der Waals surface area contributed by atoms with E-state index in [0.717, 1.165) is 19.3 Å². The van der Waals surface area contributed by atoms with E-state index >= 15 is 0 Å². The van der Waals surface area contributed by atoms with Gasteiger partial charge in [0.05, 0.1) is 13.7 Å². The molecule has 1 rings (SSSR count). The second kappa shape index (κ2) is 5.53. The molecule has 1 fully saturated rings. The molecule has 1 aliphatic rings. The summed E-state index contributed by atoms with van der Waals surface area (Å²) in [5.41, 5.74) is 0. The zero-order valence-electron chi connectivity index (χ0n) is 8.90. The average molecular weight is 212 g/mol. The molecular formula is C11H16O4. The molecule has 4 heteroatoms. The van der Waals surface area contributed by atoms with Gasteiger partial charge >= 0.3 is 11.9 Å². The summed E-state index contributed by atoms with van der Waals surface area (Å²) in [4.78, 5) is 22.8. The van der Waals surface area contributed by atoms with Crippen molar-refractivity contribution in [2.45, 2.75) is 19.3 Å². The Morgan fingerprint density at radius 3 is 3.07 bits per heavy atom. The van der Waals surface area contributed by atoms with Crippen molar-refractivity contribution in [1.29, 1.82) is 0 Å². The first kappa shape index (κ1) is 11.8. The minimum atomic E-state index is -0.747. The van der Waals surface area contributed by atoms with E-state index in [2.05, 4.69) is 11.3 Å². The maximum atomic E-state index is 11.4. The fraction of sp³-hybridized carbons (Fsp3) is 0.636. The van der Waals surface area contributed by atoms with E-state index in [1.54, 1.807) is 6.08 Å². The lowest BCUT2D eigenvalue weighted by molar-refractivity contribution is -0.168. The lowest BCUT2D eigenvalue weighted by Gasteiger charge is -2.27. The number of rotatable bonds is 4. The van der Waals surface area contributed by atoms with Gasteiger partial charge in [-0.1, -0.05) is 6.08 Å². The second-order valence-electron chi connectivity index (χ2n) is 3.58. The summed E-state index contributed by atoms with van der Waals surface area (Å²) in [6.45, 7) is 4.02. The van der Waals surface area contributed by atoms with E-state index in [1.807, 2.05) is 0 Å². The zero-order chi connectivity index (χ0) is 11.3. The Labute approximate surface area is 89.2 Å². The summed E-state index contributed by atoms with van der Waals surface area (Å²) in [5.74, 6) is -1.67. The molecule has 0 aromatic heterocycles. The van der Waals surface area contributed by atoms with Gasteiger partial charge in [-0.15, -0.1) is 6.58 Å². The molecule has 84 valence electrons. The number of esters is 2. The maximum absolute atomic E-state index is 11.4. The number of methoxy groups -OCH3 is 1. The molecule has 4 nitrogen and oxygen atoms in total. The third-order valence-corrected chi connectivity index (χ3v) is 2.66. The van der Waals surface area contributed by atoms with Crippen molar-refractivity contribution in [1.82, 2.24) is 0 Å². The van der Waals surface area contributed by atoms with Crippen molar-refractivity contribution in [2.24, 2.45) is 11.8 Å². The van der Waals surface area contributed by atoms with E-state index in [-0.39, 0.29) is 5.92 Å². The Balaban J connectivity index is 2.68. The van der Waals surface area contributed by atoms with Gasteiger partial charge in [0.25, 0.3) is 0 Å². The van der Waals surface area contributed by atoms with Crippen molar-refractivity contribution in [3.05, 3.63) is 12.7 Å². The number of allylic oxidation sites excluding steroid dienone is 1. The van der Waals surface area contributed by atoms with Gasteiger partial charge < -0.3 is 9.47 Å². The second-order valence-corrected chi connectivity index (χ2v) is 3.58. The normalized spacial score (nSPS) is 25.5. The van der Waals surface area contributed by atoms with Crippen molar-refractivity contribution in [3.63, 3.8) is 0 Å². The van der Waals surface area contributed by atoms with Crippen LogP contribution in [0, 0.1) is 11.8 Å². The van der Waals surface area contributed by atoms with E-state index in [9.17, 15) is 9.59 Å². The van der Waals surface area contributed by atoms with E-state index in [0.29, 0.717) is 6.61 Å². The minimum absolute atomic E-state index is 0.0247. The highest BCUT2D eigenvalue weighted by Gasteiger charge is 2.39. The third-order valence-electron chi connectivity index (χ3n) is 2.66. The van der Waals surface area contributed by atoms with E-state index in [4.69, 9.17) is 4.74 Å². The van der Waals surface area contributed by atoms with Crippen LogP contribution < -0.4 is 0 Å². The predicted octanol–water partition coefficient (Wildman–Crippen LogP) is 1.30. The molecule has 0 radical (unpaired) electrons. The topological polar surface area (TPSA) is 52.6 Å². The van der Waals surface area contributed by atoms with Crippen LogP contribution in [0.4, 0.5) is 0 Å². The van der Waals surface area contributed by atoms with Crippen LogP contribution in [-0.4, -0.2) is 25.7 Å². The van der Waals surface area contributed by atoms with Gasteiger partial charge in [-0.05, 0) is 25.2 Å². The summed E-state index contributed by atoms with van der Waals surface area (Å²) in [5, 5.41) is 0. The number of carbonyl (C=O) groups excluding carboxylic acids is 2. The highest BCUT2D eigenvalue weighted by Crippen LogP contribution is 2.28. The summed E-state index contributed by atoms with van der Waals surface area (Å²) < 4.78 is 9.46. The van der Waals surface area contributed by atoms with Crippen molar-refractivity contribution >= 4 is 11.9 Å². The lowest BCUT2D eigenvalue weighted by atomic mass is 9.84. The zero-order valence-corrected chi connectivity index (χ0v) is 8.90. The van der Waals surface area contributed by atoms with Crippen LogP contribution in [0.1, 0.15) is 19.3 Å². The van der Waals surface area contributed by atoms with Crippen LogP contribution in [-0.2, 0) is 19.1 Å². The maximum Gasteiger partial charge on any atom is 0.320 e. The Morgan fingerprint density at radius 2 is 2.47 bits per heavy atom. The molecule has 2 atom stereocenters. The van der Waals surface area contributed by atoms with E-state index in [1.165, 1.54) is 7.11 Å². The molecule has 0 aromatic carbocycles. The molecule has 0 aliphatic carbocycles. The highest BCUT2D eigenvalue weighted by atomic mass is 16.5. The highest BCUT2D eigenvalue weighted by molar-refractivity contribution is 5.95. The summed E-state index contributed by atoms with van der Waals surface area (Å²) in [6, 6.07) is 0. The fourth-order valence-corrected chi connectivity index (χ4v) is 1.82. The predicted molar refractivity (Wildman–Crippen MR) is 54.0 cm³/mol. The van der Waals surface area contributed by atoms with Crippen LogP contribution in [0.2, 0.25) is 0 Å². The number of ether oxygens (including phenoxy) is 2. The number of carbonyl (C=O) groups is 2. The SMILES string of the molecule is C=CCCC1CCOC(=O)C1C(=O)OC. The number of cyclic esters (lactones) is 1. The summed E-state index contributed by atoms with van der Waals surface area (Å²) in [6.07, 6.45) is 4.08. The molecule has 1 aliphatic heterocycles. The van der Waals surface area contributed by atoms with Crippen molar-refractivity contribution < 1.29 is 19.1 Å². The van der Waals surface area contributed by atoms with Gasteiger partial charge in [0.15, 0.2) is 5.92 Å². The molecule has 0 spiro atoms. The molecule has 1 heterocycles. The summed E-state index contributed by atoms with van der Waals surface area (Å²) >= 11 is 0. The first-order chi connectivity index (χ1) is 7.20. The average Bonchev–Trinajstić information content (AvgIpc) is 2.25. The third kappa shape index (κ3) is 2.81. The molecular weight excluding hydrogens is 196 g/mol. The van der Waals surface area contributed by atoms with Crippen LogP contribution in [0.5, 0.6) is 0 Å². The molecule has 0 saturated carbocycles. The van der Waals surface area contributed by atoms with Crippen molar-refractivity contribution in [3.8, 4) is 0 Å². The van der Waals surface area contributed by atoms with Gasteiger partial charge in [-0.25, -0.2) is 0 Å². The van der Waals surface area contributed by atoms with Crippen molar-refractivity contribution in [2.75, 3.05) is 13.7 Å². The molecule has 0 N–H and O–H groups in total. The van der Waals surface area contributed by atoms with Gasteiger partial charge in [0.2, 0.25) is 0 Å². The van der Waals surface area contributed by atoms with E-state index < -0.39 is 17.9 Å². The Kier molecular flexibility index (Phi) is 4.34. The lowest BCUT2D eigenvalue weighted by Crippen LogP contribution is -2.38. The van der Waals surface area contributed by atoms with Crippen LogP contribution in [0.25, 0.3) is 0 Å². The number of hydrogen-bond donors (Lipinski definition) is 0. The molecule has 0 bridgehead atoms. The monoisotopic (exact) mass is 212 g/mol. The van der Waals surface area contributed by atoms with Gasteiger partial charge in [-0.2, -0.15) is 0 Å². The van der Waals surface area contributed by atoms with Crippen LogP contribution in [0.15, 0.2) is 12.7 Å². The van der Waals surface area contributed by atoms with Gasteiger partial charge in [0.1, 0.15) is 0 Å².